The number of hydrogen-bond donors (Lipinski definition) is 0. The Morgan fingerprint density at radius 1 is 1.29 bits per heavy atom. The maximum Gasteiger partial charge on any atom is 0.202 e. The van der Waals surface area contributed by atoms with Crippen LogP contribution in [0.25, 0.3) is 0 Å². The standard InChI is InChI=1S/C16H26BrN3O/c1-12(2)20-14(13(17)11-18-20)15(21)16(19(3)4)9-7-5-6-8-10-16/h11-12H,5-10H2,1-4H3. The number of aromatic nitrogens is 2. The Morgan fingerprint density at radius 3 is 2.33 bits per heavy atom. The quantitative estimate of drug-likeness (QED) is 0.603. The topological polar surface area (TPSA) is 38.1 Å². The summed E-state index contributed by atoms with van der Waals surface area (Å²) in [5, 5.41) is 4.38. The molecule has 0 saturated heterocycles. The number of nitrogens with zero attached hydrogens (tertiary/aromatic N) is 3. The van der Waals surface area contributed by atoms with Crippen LogP contribution in [0.1, 0.15) is 68.9 Å². The molecular weight excluding hydrogens is 330 g/mol. The molecule has 0 N–H and O–H groups in total. The van der Waals surface area contributed by atoms with Crippen molar-refractivity contribution in [2.45, 2.75) is 64.0 Å². The fourth-order valence-corrected chi connectivity index (χ4v) is 3.81. The zero-order valence-electron chi connectivity index (χ0n) is 13.5. The average molecular weight is 356 g/mol. The number of halogens is 1. The van der Waals surface area contributed by atoms with Crippen LogP contribution in [0.3, 0.4) is 0 Å². The monoisotopic (exact) mass is 355 g/mol. The lowest BCUT2D eigenvalue weighted by molar-refractivity contribution is 0.0620. The van der Waals surface area contributed by atoms with Crippen molar-refractivity contribution in [2.24, 2.45) is 0 Å². The van der Waals surface area contributed by atoms with Gasteiger partial charge in [-0.3, -0.25) is 14.4 Å². The normalized spacial score (nSPS) is 19.0. The summed E-state index contributed by atoms with van der Waals surface area (Å²) in [6.45, 7) is 4.12. The van der Waals surface area contributed by atoms with Crippen LogP contribution in [0, 0.1) is 0 Å². The van der Waals surface area contributed by atoms with Gasteiger partial charge < -0.3 is 0 Å². The zero-order chi connectivity index (χ0) is 15.6. The molecule has 118 valence electrons. The first-order valence-electron chi connectivity index (χ1n) is 7.85. The fourth-order valence-electron chi connectivity index (χ4n) is 3.36. The van der Waals surface area contributed by atoms with E-state index in [-0.39, 0.29) is 17.4 Å². The first-order chi connectivity index (χ1) is 9.90. The van der Waals surface area contributed by atoms with E-state index in [1.807, 2.05) is 18.8 Å². The highest BCUT2D eigenvalue weighted by molar-refractivity contribution is 9.10. The second kappa shape index (κ2) is 6.61. The van der Waals surface area contributed by atoms with E-state index in [1.54, 1.807) is 6.20 Å². The molecule has 21 heavy (non-hydrogen) atoms. The molecule has 0 aliphatic heterocycles. The Labute approximate surface area is 136 Å². The zero-order valence-corrected chi connectivity index (χ0v) is 15.1. The summed E-state index contributed by atoms with van der Waals surface area (Å²) in [4.78, 5) is 15.5. The van der Waals surface area contributed by atoms with Gasteiger partial charge in [0.1, 0.15) is 5.69 Å². The first kappa shape index (κ1) is 16.7. The number of Topliss-reactive ketones (excluding diaryl/α,β-unsaturated/α-hetero) is 1. The molecule has 0 aromatic carbocycles. The van der Waals surface area contributed by atoms with Crippen molar-refractivity contribution in [3.8, 4) is 0 Å². The van der Waals surface area contributed by atoms with Crippen molar-refractivity contribution >= 4 is 21.7 Å². The second-order valence-corrected chi connectivity index (χ2v) is 7.40. The summed E-state index contributed by atoms with van der Waals surface area (Å²) in [5.74, 6) is 0.215. The average Bonchev–Trinajstić information content (AvgIpc) is 2.66. The van der Waals surface area contributed by atoms with Gasteiger partial charge in [-0.2, -0.15) is 5.10 Å². The van der Waals surface area contributed by atoms with Gasteiger partial charge in [0.15, 0.2) is 0 Å². The molecule has 0 bridgehead atoms. The van der Waals surface area contributed by atoms with Gasteiger partial charge in [0.05, 0.1) is 16.2 Å². The van der Waals surface area contributed by atoms with Crippen molar-refractivity contribution in [1.82, 2.24) is 14.7 Å². The molecule has 0 atom stereocenters. The van der Waals surface area contributed by atoms with Gasteiger partial charge in [0.2, 0.25) is 5.78 Å². The SMILES string of the molecule is CC(C)n1ncc(Br)c1C(=O)C1(N(C)C)CCCCCC1. The molecule has 2 rings (SSSR count). The fraction of sp³-hybridized carbons (Fsp3) is 0.750. The lowest BCUT2D eigenvalue weighted by Gasteiger charge is -2.38. The highest BCUT2D eigenvalue weighted by Crippen LogP contribution is 2.36. The molecular formula is C16H26BrN3O. The summed E-state index contributed by atoms with van der Waals surface area (Å²) >= 11 is 3.52. The summed E-state index contributed by atoms with van der Waals surface area (Å²) < 4.78 is 2.66. The van der Waals surface area contributed by atoms with Crippen molar-refractivity contribution in [1.29, 1.82) is 0 Å². The summed E-state index contributed by atoms with van der Waals surface area (Å²) in [7, 11) is 4.07. The molecule has 1 aliphatic rings. The predicted octanol–water partition coefficient (Wildman–Crippen LogP) is 4.06. The Bertz CT molecular complexity index is 500. The molecule has 5 heteroatoms. The van der Waals surface area contributed by atoms with E-state index in [4.69, 9.17) is 0 Å². The van der Waals surface area contributed by atoms with Gasteiger partial charge in [-0.05, 0) is 56.7 Å². The number of rotatable bonds is 4. The summed E-state index contributed by atoms with van der Waals surface area (Å²) in [6.07, 6.45) is 8.33. The third kappa shape index (κ3) is 3.09. The van der Waals surface area contributed by atoms with Crippen LogP contribution in [-0.2, 0) is 0 Å². The predicted molar refractivity (Wildman–Crippen MR) is 88.8 cm³/mol. The molecule has 1 fully saturated rings. The molecule has 1 saturated carbocycles. The highest BCUT2D eigenvalue weighted by Gasteiger charge is 2.43. The van der Waals surface area contributed by atoms with Crippen molar-refractivity contribution in [3.05, 3.63) is 16.4 Å². The van der Waals surface area contributed by atoms with Gasteiger partial charge in [-0.25, -0.2) is 0 Å². The van der Waals surface area contributed by atoms with Crippen LogP contribution in [0.15, 0.2) is 10.7 Å². The summed E-state index contributed by atoms with van der Waals surface area (Å²) in [6, 6.07) is 0.181. The minimum Gasteiger partial charge on any atom is -0.297 e. The highest BCUT2D eigenvalue weighted by atomic mass is 79.9. The van der Waals surface area contributed by atoms with Gasteiger partial charge >= 0.3 is 0 Å². The largest absolute Gasteiger partial charge is 0.297 e. The minimum atomic E-state index is -0.383. The maximum atomic E-state index is 13.4. The van der Waals surface area contributed by atoms with E-state index in [0.29, 0.717) is 0 Å². The van der Waals surface area contributed by atoms with Crippen LogP contribution in [0.5, 0.6) is 0 Å². The molecule has 4 nitrogen and oxygen atoms in total. The van der Waals surface area contributed by atoms with Crippen LogP contribution in [-0.4, -0.2) is 40.1 Å². The van der Waals surface area contributed by atoms with E-state index in [2.05, 4.69) is 39.8 Å². The maximum absolute atomic E-state index is 13.4. The van der Waals surface area contributed by atoms with Crippen LogP contribution in [0.2, 0.25) is 0 Å². The molecule has 0 unspecified atom stereocenters. The Hall–Kier alpha value is -0.680. The number of carbonyl (C=O) groups is 1. The Kier molecular flexibility index (Phi) is 5.25. The Balaban J connectivity index is 2.46. The van der Waals surface area contributed by atoms with Gasteiger partial charge in [-0.1, -0.05) is 25.7 Å². The smallest absolute Gasteiger partial charge is 0.202 e. The van der Waals surface area contributed by atoms with E-state index < -0.39 is 0 Å². The summed E-state index contributed by atoms with van der Waals surface area (Å²) in [5.41, 5.74) is 0.340. The molecule has 1 aromatic heterocycles. The lowest BCUT2D eigenvalue weighted by Crippen LogP contribution is -2.51. The van der Waals surface area contributed by atoms with Crippen LogP contribution < -0.4 is 0 Å². The lowest BCUT2D eigenvalue weighted by atomic mass is 9.83. The van der Waals surface area contributed by atoms with Gasteiger partial charge in [-0.15, -0.1) is 0 Å². The van der Waals surface area contributed by atoms with Crippen LogP contribution in [0.4, 0.5) is 0 Å². The molecule has 1 aromatic rings. The van der Waals surface area contributed by atoms with E-state index in [1.165, 1.54) is 12.8 Å². The Morgan fingerprint density at radius 2 is 1.86 bits per heavy atom. The van der Waals surface area contributed by atoms with E-state index in [9.17, 15) is 4.79 Å². The number of likely N-dealkylation sites (N-methyl/N-ethyl adjacent to an activating group) is 1. The second-order valence-electron chi connectivity index (χ2n) is 6.55. The van der Waals surface area contributed by atoms with Crippen molar-refractivity contribution in [3.63, 3.8) is 0 Å². The molecule has 1 aliphatic carbocycles. The molecule has 1 heterocycles. The van der Waals surface area contributed by atoms with E-state index >= 15 is 0 Å². The van der Waals surface area contributed by atoms with Crippen molar-refractivity contribution < 1.29 is 4.79 Å². The molecule has 0 spiro atoms. The molecule has 0 amide bonds. The first-order valence-corrected chi connectivity index (χ1v) is 8.64. The molecule has 0 radical (unpaired) electrons. The minimum absolute atomic E-state index is 0.181. The van der Waals surface area contributed by atoms with E-state index in [0.717, 1.165) is 35.8 Å². The third-order valence-electron chi connectivity index (χ3n) is 4.66. The third-order valence-corrected chi connectivity index (χ3v) is 5.24. The number of hydrogen-bond acceptors (Lipinski definition) is 3. The number of ketones is 1. The van der Waals surface area contributed by atoms with Gasteiger partial charge in [0, 0.05) is 6.04 Å². The van der Waals surface area contributed by atoms with Crippen LogP contribution >= 0.6 is 15.9 Å². The van der Waals surface area contributed by atoms with Gasteiger partial charge in [0.25, 0.3) is 0 Å². The number of carbonyl (C=O) groups excluding carboxylic acids is 1. The van der Waals surface area contributed by atoms with Crippen molar-refractivity contribution in [2.75, 3.05) is 14.1 Å².